The number of fused-ring (bicyclic) bond motifs is 1. The maximum atomic E-state index is 13.2. The number of furan rings is 1. The Kier molecular flexibility index (Phi) is 6.28. The number of carbonyl (C=O) groups is 1. The van der Waals surface area contributed by atoms with E-state index in [1.807, 2.05) is 20.8 Å². The summed E-state index contributed by atoms with van der Waals surface area (Å²) in [7, 11) is -0.225. The Hall–Kier alpha value is -3.50. The molecule has 1 N–H and O–H groups in total. The number of hydrogen-bond donors (Lipinski definition) is 1. The molecule has 0 radical (unpaired) electrons. The first-order valence-corrected chi connectivity index (χ1v) is 12.3. The molecule has 0 aliphatic rings. The zero-order valence-electron chi connectivity index (χ0n) is 19.7. The molecule has 4 aromatic rings. The maximum absolute atomic E-state index is 13.2. The van der Waals surface area contributed by atoms with E-state index in [9.17, 15) is 13.2 Å². The first-order valence-electron chi connectivity index (χ1n) is 10.8. The van der Waals surface area contributed by atoms with Gasteiger partial charge >= 0.3 is 0 Å². The van der Waals surface area contributed by atoms with Crippen molar-refractivity contribution in [2.45, 2.75) is 38.3 Å². The highest BCUT2D eigenvalue weighted by molar-refractivity contribution is 7.89. The molecular formula is C24H27N5O4S. The zero-order chi connectivity index (χ0) is 24.6. The largest absolute Gasteiger partial charge is 0.463 e. The summed E-state index contributed by atoms with van der Waals surface area (Å²) in [6.07, 6.45) is 1.55. The van der Waals surface area contributed by atoms with Crippen molar-refractivity contribution in [3.8, 4) is 11.5 Å². The summed E-state index contributed by atoms with van der Waals surface area (Å²) >= 11 is 0. The average Bonchev–Trinajstić information content (AvgIpc) is 3.45. The SMILES string of the molecule is Cc1nn(C)c2nc(-c3ccco3)cc(C(=O)NCc3ccc(S(=O)(=O)N(C)C(C)C)cc3)c12. The van der Waals surface area contributed by atoms with E-state index in [1.54, 1.807) is 67.5 Å². The van der Waals surface area contributed by atoms with Gasteiger partial charge in [0.1, 0.15) is 5.69 Å². The quantitative estimate of drug-likeness (QED) is 0.433. The number of carbonyl (C=O) groups excluding carboxylic acids is 1. The number of sulfonamides is 1. The van der Waals surface area contributed by atoms with Crippen LogP contribution in [0.25, 0.3) is 22.5 Å². The molecule has 0 saturated heterocycles. The molecule has 0 aliphatic heterocycles. The van der Waals surface area contributed by atoms with E-state index in [4.69, 9.17) is 4.42 Å². The molecule has 4 rings (SSSR count). The van der Waals surface area contributed by atoms with E-state index < -0.39 is 10.0 Å². The Morgan fingerprint density at radius 2 is 1.91 bits per heavy atom. The summed E-state index contributed by atoms with van der Waals surface area (Å²) in [6.45, 7) is 5.71. The Labute approximate surface area is 198 Å². The fourth-order valence-corrected chi connectivity index (χ4v) is 5.04. The molecule has 0 unspecified atom stereocenters. The van der Waals surface area contributed by atoms with Gasteiger partial charge in [-0.05, 0) is 56.7 Å². The third-order valence-corrected chi connectivity index (χ3v) is 7.82. The summed E-state index contributed by atoms with van der Waals surface area (Å²) in [5.74, 6) is 0.269. The monoisotopic (exact) mass is 481 g/mol. The number of aromatic nitrogens is 3. The molecule has 0 spiro atoms. The average molecular weight is 482 g/mol. The number of nitrogens with zero attached hydrogens (tertiary/aromatic N) is 4. The van der Waals surface area contributed by atoms with Gasteiger partial charge in [-0.2, -0.15) is 9.40 Å². The number of amides is 1. The van der Waals surface area contributed by atoms with Crippen molar-refractivity contribution in [2.24, 2.45) is 7.05 Å². The van der Waals surface area contributed by atoms with E-state index in [0.29, 0.717) is 33.7 Å². The maximum Gasteiger partial charge on any atom is 0.252 e. The van der Waals surface area contributed by atoms with Crippen molar-refractivity contribution >= 4 is 27.0 Å². The predicted molar refractivity (Wildman–Crippen MR) is 129 cm³/mol. The second kappa shape index (κ2) is 9.03. The van der Waals surface area contributed by atoms with Crippen LogP contribution in [0.3, 0.4) is 0 Å². The number of benzene rings is 1. The van der Waals surface area contributed by atoms with Gasteiger partial charge in [0.2, 0.25) is 10.0 Å². The molecule has 3 aromatic heterocycles. The number of nitrogens with one attached hydrogen (secondary N) is 1. The number of pyridine rings is 1. The van der Waals surface area contributed by atoms with Gasteiger partial charge in [0.25, 0.3) is 5.91 Å². The highest BCUT2D eigenvalue weighted by atomic mass is 32.2. The second-order valence-electron chi connectivity index (χ2n) is 8.38. The lowest BCUT2D eigenvalue weighted by molar-refractivity contribution is 0.0952. The van der Waals surface area contributed by atoms with Crippen LogP contribution in [0.5, 0.6) is 0 Å². The van der Waals surface area contributed by atoms with Gasteiger partial charge in [-0.1, -0.05) is 12.1 Å². The fraction of sp³-hybridized carbons (Fsp3) is 0.292. The van der Waals surface area contributed by atoms with Crippen LogP contribution in [0.15, 0.2) is 58.0 Å². The summed E-state index contributed by atoms with van der Waals surface area (Å²) in [4.78, 5) is 18.0. The minimum absolute atomic E-state index is 0.150. The summed E-state index contributed by atoms with van der Waals surface area (Å²) in [5, 5.41) is 8.01. The van der Waals surface area contributed by atoms with Crippen molar-refractivity contribution in [1.82, 2.24) is 24.4 Å². The van der Waals surface area contributed by atoms with Crippen LogP contribution in [-0.4, -0.2) is 46.5 Å². The molecule has 9 nitrogen and oxygen atoms in total. The van der Waals surface area contributed by atoms with Gasteiger partial charge in [0, 0.05) is 26.7 Å². The molecule has 178 valence electrons. The van der Waals surface area contributed by atoms with Crippen LogP contribution < -0.4 is 5.32 Å². The highest BCUT2D eigenvalue weighted by Crippen LogP contribution is 2.27. The minimum atomic E-state index is -3.56. The summed E-state index contributed by atoms with van der Waals surface area (Å²) < 4.78 is 33.8. The normalized spacial score (nSPS) is 12.1. The standard InChI is InChI=1S/C24H27N5O4S/c1-15(2)29(5)34(31,32)18-10-8-17(9-11-18)14-25-24(30)19-13-20(21-7-6-12-33-21)26-23-22(19)16(3)27-28(23)4/h6-13,15H,14H2,1-5H3,(H,25,30). The molecule has 0 atom stereocenters. The minimum Gasteiger partial charge on any atom is -0.463 e. The molecule has 1 amide bonds. The Bertz CT molecular complexity index is 1440. The van der Waals surface area contributed by atoms with E-state index in [-0.39, 0.29) is 23.4 Å². The lowest BCUT2D eigenvalue weighted by atomic mass is 10.1. The van der Waals surface area contributed by atoms with Crippen LogP contribution in [0.4, 0.5) is 0 Å². The zero-order valence-corrected chi connectivity index (χ0v) is 20.5. The molecule has 3 heterocycles. The van der Waals surface area contributed by atoms with Crippen molar-refractivity contribution in [1.29, 1.82) is 0 Å². The lowest BCUT2D eigenvalue weighted by Crippen LogP contribution is -2.33. The van der Waals surface area contributed by atoms with Gasteiger partial charge in [-0.25, -0.2) is 13.4 Å². The third-order valence-electron chi connectivity index (χ3n) is 5.77. The number of hydrogen-bond acceptors (Lipinski definition) is 6. The van der Waals surface area contributed by atoms with Gasteiger partial charge in [-0.3, -0.25) is 9.48 Å². The lowest BCUT2D eigenvalue weighted by Gasteiger charge is -2.21. The molecule has 0 bridgehead atoms. The van der Waals surface area contributed by atoms with Crippen molar-refractivity contribution < 1.29 is 17.6 Å². The van der Waals surface area contributed by atoms with Crippen LogP contribution in [0.2, 0.25) is 0 Å². The van der Waals surface area contributed by atoms with Gasteiger partial charge < -0.3 is 9.73 Å². The van der Waals surface area contributed by atoms with Crippen LogP contribution in [-0.2, 0) is 23.6 Å². The smallest absolute Gasteiger partial charge is 0.252 e. The van der Waals surface area contributed by atoms with Crippen LogP contribution in [0.1, 0.15) is 35.5 Å². The van der Waals surface area contributed by atoms with E-state index in [1.165, 1.54) is 4.31 Å². The molecule has 0 aliphatic carbocycles. The van der Waals surface area contributed by atoms with E-state index >= 15 is 0 Å². The van der Waals surface area contributed by atoms with Crippen molar-refractivity contribution in [3.63, 3.8) is 0 Å². The van der Waals surface area contributed by atoms with E-state index in [0.717, 1.165) is 5.56 Å². The molecule has 0 saturated carbocycles. The number of rotatable bonds is 7. The topological polar surface area (TPSA) is 110 Å². The summed E-state index contributed by atoms with van der Waals surface area (Å²) in [5.41, 5.74) is 3.04. The molecule has 34 heavy (non-hydrogen) atoms. The van der Waals surface area contributed by atoms with Gasteiger partial charge in [-0.15, -0.1) is 0 Å². The molecule has 0 fully saturated rings. The second-order valence-corrected chi connectivity index (χ2v) is 10.4. The Balaban J connectivity index is 1.58. The Morgan fingerprint density at radius 1 is 1.21 bits per heavy atom. The molecule has 10 heteroatoms. The first kappa shape index (κ1) is 23.7. The van der Waals surface area contributed by atoms with Crippen LogP contribution in [0, 0.1) is 6.92 Å². The van der Waals surface area contributed by atoms with Gasteiger partial charge in [0.15, 0.2) is 11.4 Å². The fourth-order valence-electron chi connectivity index (χ4n) is 3.68. The Morgan fingerprint density at radius 3 is 2.53 bits per heavy atom. The van der Waals surface area contributed by atoms with Crippen molar-refractivity contribution in [3.05, 3.63) is 65.5 Å². The highest BCUT2D eigenvalue weighted by Gasteiger charge is 2.23. The molecular weight excluding hydrogens is 454 g/mol. The third kappa shape index (κ3) is 4.34. The van der Waals surface area contributed by atoms with Crippen LogP contribution >= 0.6 is 0 Å². The predicted octanol–water partition coefficient (Wildman–Crippen LogP) is 3.50. The van der Waals surface area contributed by atoms with E-state index in [2.05, 4.69) is 15.4 Å². The van der Waals surface area contributed by atoms with Gasteiger partial charge in [0.05, 0.1) is 27.8 Å². The molecule has 1 aromatic carbocycles. The first-order chi connectivity index (χ1) is 16.1. The summed E-state index contributed by atoms with van der Waals surface area (Å²) in [6, 6.07) is 11.6. The van der Waals surface area contributed by atoms with Crippen molar-refractivity contribution in [2.75, 3.05) is 7.05 Å². The number of aryl methyl sites for hydroxylation is 2.